The highest BCUT2D eigenvalue weighted by Crippen LogP contribution is 2.15. The van der Waals surface area contributed by atoms with Crippen LogP contribution in [0.2, 0.25) is 19.6 Å². The third-order valence-electron chi connectivity index (χ3n) is 1.97. The molecule has 0 unspecified atom stereocenters. The van der Waals surface area contributed by atoms with E-state index >= 15 is 0 Å². The normalized spacial score (nSPS) is 11.5. The van der Waals surface area contributed by atoms with Gasteiger partial charge in [0.05, 0.1) is 15.2 Å². The first-order valence-electron chi connectivity index (χ1n) is 4.29. The van der Waals surface area contributed by atoms with Crippen LogP contribution in [0.15, 0.2) is 18.2 Å². The van der Waals surface area contributed by atoms with E-state index in [9.17, 15) is 4.39 Å². The molecule has 13 heavy (non-hydrogen) atoms. The van der Waals surface area contributed by atoms with Gasteiger partial charge in [0.15, 0.2) is 0 Å². The zero-order chi connectivity index (χ0) is 10.1. The summed E-state index contributed by atoms with van der Waals surface area (Å²) in [7, 11) is 0.168. The van der Waals surface area contributed by atoms with Gasteiger partial charge in [0.1, 0.15) is 11.6 Å². The van der Waals surface area contributed by atoms with Crippen molar-refractivity contribution >= 4 is 13.3 Å². The number of methoxy groups -OCH3 is 1. The molecule has 0 bridgehead atoms. The molecule has 1 aromatic rings. The molecule has 0 amide bonds. The number of rotatable bonds is 2. The van der Waals surface area contributed by atoms with Gasteiger partial charge in [0, 0.05) is 6.07 Å². The van der Waals surface area contributed by atoms with Gasteiger partial charge in [-0.15, -0.1) is 0 Å². The van der Waals surface area contributed by atoms with Crippen molar-refractivity contribution in [3.8, 4) is 5.75 Å². The topological polar surface area (TPSA) is 9.23 Å². The number of ether oxygens (including phenoxy) is 1. The van der Waals surface area contributed by atoms with Gasteiger partial charge in [-0.3, -0.25) is 0 Å². The largest absolute Gasteiger partial charge is 0.497 e. The molecular weight excluding hydrogens is 183 g/mol. The monoisotopic (exact) mass is 198 g/mol. The van der Waals surface area contributed by atoms with E-state index in [1.54, 1.807) is 7.11 Å². The number of halogens is 1. The predicted molar refractivity (Wildman–Crippen MR) is 55.9 cm³/mol. The van der Waals surface area contributed by atoms with Gasteiger partial charge in [-0.05, 0) is 11.3 Å². The maximum Gasteiger partial charge on any atom is 0.126 e. The molecule has 0 saturated carbocycles. The molecule has 0 aliphatic heterocycles. The number of hydrogen-bond donors (Lipinski definition) is 0. The van der Waals surface area contributed by atoms with Crippen molar-refractivity contribution in [3.05, 3.63) is 24.0 Å². The Morgan fingerprint density at radius 3 is 2.31 bits per heavy atom. The Bertz CT molecular complexity index is 304. The van der Waals surface area contributed by atoms with Gasteiger partial charge in [-0.2, -0.15) is 0 Å². The van der Waals surface area contributed by atoms with Crippen LogP contribution in [0, 0.1) is 5.82 Å². The minimum atomic E-state index is -1.41. The summed E-state index contributed by atoms with van der Waals surface area (Å²) >= 11 is 0. The highest BCUT2D eigenvalue weighted by molar-refractivity contribution is 6.89. The van der Waals surface area contributed by atoms with E-state index in [0.717, 1.165) is 5.19 Å². The van der Waals surface area contributed by atoms with Crippen molar-refractivity contribution < 1.29 is 9.13 Å². The van der Waals surface area contributed by atoms with Gasteiger partial charge >= 0.3 is 0 Å². The van der Waals surface area contributed by atoms with Crippen molar-refractivity contribution in [1.82, 2.24) is 0 Å². The second-order valence-electron chi connectivity index (χ2n) is 4.09. The first kappa shape index (κ1) is 10.2. The summed E-state index contributed by atoms with van der Waals surface area (Å²) in [6.45, 7) is 6.63. The van der Waals surface area contributed by atoms with Crippen LogP contribution in [0.1, 0.15) is 0 Å². The van der Waals surface area contributed by atoms with E-state index < -0.39 is 8.07 Å². The average molecular weight is 198 g/mol. The maximum absolute atomic E-state index is 12.9. The van der Waals surface area contributed by atoms with E-state index in [0.29, 0.717) is 5.75 Å². The lowest BCUT2D eigenvalue weighted by Gasteiger charge is -2.19. The van der Waals surface area contributed by atoms with Crippen molar-refractivity contribution in [2.75, 3.05) is 7.11 Å². The number of hydrogen-bond acceptors (Lipinski definition) is 1. The van der Waals surface area contributed by atoms with Crippen LogP contribution in [0.3, 0.4) is 0 Å². The Hall–Kier alpha value is -0.833. The second kappa shape index (κ2) is 3.50. The fraction of sp³-hybridized carbons (Fsp3) is 0.400. The minimum Gasteiger partial charge on any atom is -0.497 e. The van der Waals surface area contributed by atoms with Gasteiger partial charge in [-0.1, -0.05) is 25.7 Å². The minimum absolute atomic E-state index is 0.237. The first-order chi connectivity index (χ1) is 5.95. The Morgan fingerprint density at radius 2 is 1.85 bits per heavy atom. The lowest BCUT2D eigenvalue weighted by molar-refractivity contribution is 0.414. The van der Waals surface area contributed by atoms with E-state index in [-0.39, 0.29) is 5.82 Å². The van der Waals surface area contributed by atoms with Crippen molar-refractivity contribution in [2.24, 2.45) is 0 Å². The molecule has 0 radical (unpaired) electrons. The van der Waals surface area contributed by atoms with Crippen molar-refractivity contribution in [2.45, 2.75) is 19.6 Å². The quantitative estimate of drug-likeness (QED) is 0.663. The first-order valence-corrected chi connectivity index (χ1v) is 7.79. The highest BCUT2D eigenvalue weighted by atomic mass is 28.3. The molecule has 0 aromatic heterocycles. The van der Waals surface area contributed by atoms with Crippen LogP contribution >= 0.6 is 0 Å². The van der Waals surface area contributed by atoms with E-state index in [1.165, 1.54) is 12.1 Å². The molecule has 0 saturated heterocycles. The van der Waals surface area contributed by atoms with Crippen LogP contribution in [0.4, 0.5) is 4.39 Å². The fourth-order valence-corrected chi connectivity index (χ4v) is 2.78. The molecular formula is C10H15FOSi. The molecule has 0 aliphatic carbocycles. The molecule has 0 fully saturated rings. The standard InChI is InChI=1S/C10H15FOSi/c1-12-9-7-8(11)5-6-10(9)13(2,3)4/h5-7H,1-4H3. The fourth-order valence-electron chi connectivity index (χ4n) is 1.28. The summed E-state index contributed by atoms with van der Waals surface area (Å²) in [5.74, 6) is 0.443. The highest BCUT2D eigenvalue weighted by Gasteiger charge is 2.20. The van der Waals surface area contributed by atoms with Crippen molar-refractivity contribution in [3.63, 3.8) is 0 Å². The Morgan fingerprint density at radius 1 is 1.23 bits per heavy atom. The number of benzene rings is 1. The molecule has 1 aromatic carbocycles. The molecule has 0 heterocycles. The van der Waals surface area contributed by atoms with Gasteiger partial charge in [0.25, 0.3) is 0 Å². The Kier molecular flexibility index (Phi) is 2.76. The zero-order valence-electron chi connectivity index (χ0n) is 8.52. The van der Waals surface area contributed by atoms with Gasteiger partial charge in [0.2, 0.25) is 0 Å². The third-order valence-corrected chi connectivity index (χ3v) is 4.00. The van der Waals surface area contributed by atoms with Crippen LogP contribution in [0.5, 0.6) is 5.75 Å². The smallest absolute Gasteiger partial charge is 0.126 e. The molecule has 0 atom stereocenters. The van der Waals surface area contributed by atoms with Gasteiger partial charge < -0.3 is 4.74 Å². The second-order valence-corrected chi connectivity index (χ2v) is 9.13. The van der Waals surface area contributed by atoms with Crippen LogP contribution in [-0.2, 0) is 0 Å². The van der Waals surface area contributed by atoms with E-state index in [1.807, 2.05) is 6.07 Å². The SMILES string of the molecule is COc1cc(F)ccc1[Si](C)(C)C. The van der Waals surface area contributed by atoms with Crippen LogP contribution < -0.4 is 9.92 Å². The summed E-state index contributed by atoms with van der Waals surface area (Å²) in [5, 5.41) is 1.16. The lowest BCUT2D eigenvalue weighted by atomic mass is 10.3. The molecule has 72 valence electrons. The molecule has 3 heteroatoms. The lowest BCUT2D eigenvalue weighted by Crippen LogP contribution is -2.38. The van der Waals surface area contributed by atoms with Gasteiger partial charge in [-0.25, -0.2) is 4.39 Å². The maximum atomic E-state index is 12.9. The summed E-state index contributed by atoms with van der Waals surface area (Å²) in [5.41, 5.74) is 0. The van der Waals surface area contributed by atoms with E-state index in [2.05, 4.69) is 19.6 Å². The van der Waals surface area contributed by atoms with Crippen LogP contribution in [-0.4, -0.2) is 15.2 Å². The molecule has 1 nitrogen and oxygen atoms in total. The van der Waals surface area contributed by atoms with E-state index in [4.69, 9.17) is 4.74 Å². The summed E-state index contributed by atoms with van der Waals surface area (Å²) < 4.78 is 18.0. The third kappa shape index (κ3) is 2.31. The molecule has 0 spiro atoms. The zero-order valence-corrected chi connectivity index (χ0v) is 9.52. The molecule has 1 rings (SSSR count). The van der Waals surface area contributed by atoms with Crippen molar-refractivity contribution in [1.29, 1.82) is 0 Å². The summed E-state index contributed by atoms with van der Waals surface area (Å²) in [6.07, 6.45) is 0. The molecule has 0 N–H and O–H groups in total. The summed E-state index contributed by atoms with van der Waals surface area (Å²) in [4.78, 5) is 0. The van der Waals surface area contributed by atoms with Crippen LogP contribution in [0.25, 0.3) is 0 Å². The predicted octanol–water partition coefficient (Wildman–Crippen LogP) is 2.38. The average Bonchev–Trinajstić information content (AvgIpc) is 2.01. The Balaban J connectivity index is 3.22. The summed E-state index contributed by atoms with van der Waals surface area (Å²) in [6, 6.07) is 4.78. The Labute approximate surface area is 79.6 Å². The molecule has 0 aliphatic rings.